The number of alkyl halides is 3. The summed E-state index contributed by atoms with van der Waals surface area (Å²) in [7, 11) is 0. The van der Waals surface area contributed by atoms with Gasteiger partial charge in [-0.3, -0.25) is 14.3 Å². The van der Waals surface area contributed by atoms with Crippen molar-refractivity contribution in [3.05, 3.63) is 99.9 Å². The van der Waals surface area contributed by atoms with E-state index in [0.29, 0.717) is 11.6 Å². The summed E-state index contributed by atoms with van der Waals surface area (Å²) in [6.45, 7) is 0.163. The maximum atomic E-state index is 15.0. The zero-order valence-corrected chi connectivity index (χ0v) is 21.8. The standard InChI is InChI=1S/C28H19F7N6O2/c29-17-4-5-18-25(23(17)31)40(27(43)37-18)15-7-10-39(11-8-15)26(42)19-12-21(14-2-1-9-36-13-14)41(38-19)20-6-3-16(28(33,34)35)22(30)24(20)32/h1-6,9,12-13,15H,7-8,10-11H2,(H,37,43). The Morgan fingerprint density at radius 3 is 2.37 bits per heavy atom. The van der Waals surface area contributed by atoms with Crippen molar-refractivity contribution in [2.45, 2.75) is 25.1 Å². The largest absolute Gasteiger partial charge is 0.419 e. The van der Waals surface area contributed by atoms with Crippen LogP contribution in [0.1, 0.15) is 34.9 Å². The molecule has 0 aliphatic carbocycles. The van der Waals surface area contributed by atoms with E-state index in [2.05, 4.69) is 15.1 Å². The molecule has 222 valence electrons. The molecule has 4 heterocycles. The van der Waals surface area contributed by atoms with Gasteiger partial charge in [-0.05, 0) is 55.3 Å². The molecule has 1 fully saturated rings. The predicted molar refractivity (Wildman–Crippen MR) is 138 cm³/mol. The highest BCUT2D eigenvalue weighted by Crippen LogP contribution is 2.35. The molecular formula is C28H19F7N6O2. The van der Waals surface area contributed by atoms with E-state index in [1.54, 1.807) is 6.07 Å². The Kier molecular flexibility index (Phi) is 6.81. The molecule has 0 atom stereocenters. The van der Waals surface area contributed by atoms with Crippen molar-refractivity contribution in [2.24, 2.45) is 0 Å². The van der Waals surface area contributed by atoms with Crippen molar-refractivity contribution in [3.8, 4) is 16.9 Å². The fourth-order valence-corrected chi connectivity index (χ4v) is 5.30. The zero-order valence-electron chi connectivity index (χ0n) is 21.8. The van der Waals surface area contributed by atoms with Crippen LogP contribution in [-0.2, 0) is 6.18 Å². The Morgan fingerprint density at radius 2 is 1.70 bits per heavy atom. The molecule has 5 aromatic rings. The number of aromatic nitrogens is 5. The molecular weight excluding hydrogens is 585 g/mol. The van der Waals surface area contributed by atoms with E-state index in [9.17, 15) is 40.3 Å². The Labute approximate surface area is 237 Å². The van der Waals surface area contributed by atoms with E-state index in [0.717, 1.165) is 21.4 Å². The van der Waals surface area contributed by atoms with E-state index in [1.807, 2.05) is 0 Å². The number of benzene rings is 2. The molecule has 3 aromatic heterocycles. The summed E-state index contributed by atoms with van der Waals surface area (Å²) < 4.78 is 99.3. The third-order valence-electron chi connectivity index (χ3n) is 7.37. The number of nitrogens with zero attached hydrogens (tertiary/aromatic N) is 5. The third-order valence-corrected chi connectivity index (χ3v) is 7.37. The number of H-pyrrole nitrogens is 1. The number of hydrogen-bond acceptors (Lipinski definition) is 4. The highest BCUT2D eigenvalue weighted by Gasteiger charge is 2.37. The SMILES string of the molecule is O=C(c1cc(-c2cccnc2)n(-c2ccc(C(F)(F)F)c(F)c2F)n1)N1CCC(n2c(=O)[nH]c3ccc(F)c(F)c32)CC1. The van der Waals surface area contributed by atoms with Gasteiger partial charge in [0.15, 0.2) is 29.0 Å². The van der Waals surface area contributed by atoms with Gasteiger partial charge in [0.05, 0.1) is 16.8 Å². The smallest absolute Gasteiger partial charge is 0.337 e. The number of aromatic amines is 1. The molecule has 1 saturated heterocycles. The number of likely N-dealkylation sites (tertiary alicyclic amines) is 1. The van der Waals surface area contributed by atoms with Crippen LogP contribution >= 0.6 is 0 Å². The number of fused-ring (bicyclic) bond motifs is 1. The number of hydrogen-bond donors (Lipinski definition) is 1. The lowest BCUT2D eigenvalue weighted by atomic mass is 10.0. The first-order valence-electron chi connectivity index (χ1n) is 12.9. The van der Waals surface area contributed by atoms with Crippen molar-refractivity contribution in [2.75, 3.05) is 13.1 Å². The van der Waals surface area contributed by atoms with Crippen LogP contribution in [0.5, 0.6) is 0 Å². The van der Waals surface area contributed by atoms with Gasteiger partial charge in [-0.15, -0.1) is 0 Å². The van der Waals surface area contributed by atoms with Crippen LogP contribution in [0.4, 0.5) is 30.7 Å². The molecule has 1 amide bonds. The van der Waals surface area contributed by atoms with Gasteiger partial charge in [0.2, 0.25) is 0 Å². The summed E-state index contributed by atoms with van der Waals surface area (Å²) in [6.07, 6.45) is -1.94. The second-order valence-corrected chi connectivity index (χ2v) is 9.91. The Bertz CT molecular complexity index is 1920. The number of pyridine rings is 1. The van der Waals surface area contributed by atoms with Crippen molar-refractivity contribution in [1.82, 2.24) is 29.2 Å². The van der Waals surface area contributed by atoms with Crippen molar-refractivity contribution in [1.29, 1.82) is 0 Å². The molecule has 15 heteroatoms. The monoisotopic (exact) mass is 604 g/mol. The Hall–Kier alpha value is -4.95. The molecule has 8 nitrogen and oxygen atoms in total. The normalized spacial score (nSPS) is 14.5. The topological polar surface area (TPSA) is 88.8 Å². The highest BCUT2D eigenvalue weighted by molar-refractivity contribution is 5.93. The maximum absolute atomic E-state index is 15.0. The molecule has 0 unspecified atom stereocenters. The van der Waals surface area contributed by atoms with Gasteiger partial charge in [0.1, 0.15) is 11.2 Å². The number of carbonyl (C=O) groups excluding carboxylic acids is 1. The number of carbonyl (C=O) groups is 1. The summed E-state index contributed by atoms with van der Waals surface area (Å²) >= 11 is 0. The van der Waals surface area contributed by atoms with Crippen LogP contribution in [0.2, 0.25) is 0 Å². The summed E-state index contributed by atoms with van der Waals surface area (Å²) in [5.41, 5.74) is -2.99. The first kappa shape index (κ1) is 28.2. The summed E-state index contributed by atoms with van der Waals surface area (Å²) in [5, 5.41) is 4.13. The van der Waals surface area contributed by atoms with E-state index < -0.39 is 58.3 Å². The molecule has 0 radical (unpaired) electrons. The van der Waals surface area contributed by atoms with Crippen LogP contribution in [0, 0.1) is 23.3 Å². The molecule has 1 N–H and O–H groups in total. The lowest BCUT2D eigenvalue weighted by Crippen LogP contribution is -2.40. The number of piperidine rings is 1. The van der Waals surface area contributed by atoms with Gasteiger partial charge < -0.3 is 9.88 Å². The molecule has 1 aliphatic heterocycles. The molecule has 0 saturated carbocycles. The minimum absolute atomic E-state index is 0.0623. The second kappa shape index (κ2) is 10.4. The minimum atomic E-state index is -5.13. The highest BCUT2D eigenvalue weighted by atomic mass is 19.4. The van der Waals surface area contributed by atoms with Gasteiger partial charge in [-0.1, -0.05) is 0 Å². The van der Waals surface area contributed by atoms with E-state index >= 15 is 0 Å². The maximum Gasteiger partial charge on any atom is 0.419 e. The number of nitrogens with one attached hydrogen (secondary N) is 1. The lowest BCUT2D eigenvalue weighted by molar-refractivity contribution is -0.140. The van der Waals surface area contributed by atoms with Crippen LogP contribution in [0.25, 0.3) is 28.0 Å². The average Bonchev–Trinajstić information content (AvgIpc) is 3.57. The van der Waals surface area contributed by atoms with Crippen molar-refractivity contribution < 1.29 is 35.5 Å². The molecule has 2 aromatic carbocycles. The van der Waals surface area contributed by atoms with Gasteiger partial charge >= 0.3 is 11.9 Å². The fraction of sp³-hybridized carbons (Fsp3) is 0.214. The Balaban J connectivity index is 1.32. The first-order valence-corrected chi connectivity index (χ1v) is 12.9. The predicted octanol–water partition coefficient (Wildman–Crippen LogP) is 5.63. The van der Waals surface area contributed by atoms with E-state index in [-0.39, 0.29) is 48.4 Å². The Morgan fingerprint density at radius 1 is 0.953 bits per heavy atom. The number of amides is 1. The third kappa shape index (κ3) is 4.83. The summed E-state index contributed by atoms with van der Waals surface area (Å²) in [4.78, 5) is 33.9. The molecule has 43 heavy (non-hydrogen) atoms. The molecule has 0 bridgehead atoms. The van der Waals surface area contributed by atoms with Crippen LogP contribution in [0.15, 0.2) is 59.7 Å². The zero-order chi connectivity index (χ0) is 30.6. The quantitative estimate of drug-likeness (QED) is 0.270. The number of imidazole rings is 1. The van der Waals surface area contributed by atoms with Gasteiger partial charge in [0.25, 0.3) is 5.91 Å². The summed E-state index contributed by atoms with van der Waals surface area (Å²) in [5.74, 6) is -6.84. The average molecular weight is 604 g/mol. The molecule has 1 aliphatic rings. The second-order valence-electron chi connectivity index (χ2n) is 9.91. The van der Waals surface area contributed by atoms with Gasteiger partial charge in [-0.25, -0.2) is 27.0 Å². The summed E-state index contributed by atoms with van der Waals surface area (Å²) in [6, 6.07) is 7.06. The number of halogens is 7. The fourth-order valence-electron chi connectivity index (χ4n) is 5.30. The lowest BCUT2D eigenvalue weighted by Gasteiger charge is -2.32. The molecule has 6 rings (SSSR count). The van der Waals surface area contributed by atoms with Crippen LogP contribution < -0.4 is 5.69 Å². The van der Waals surface area contributed by atoms with Gasteiger partial charge in [0, 0.05) is 37.1 Å². The van der Waals surface area contributed by atoms with E-state index in [4.69, 9.17) is 0 Å². The van der Waals surface area contributed by atoms with Gasteiger partial charge in [-0.2, -0.15) is 18.3 Å². The minimum Gasteiger partial charge on any atom is -0.337 e. The molecule has 0 spiro atoms. The van der Waals surface area contributed by atoms with Crippen molar-refractivity contribution in [3.63, 3.8) is 0 Å². The van der Waals surface area contributed by atoms with E-state index in [1.165, 1.54) is 35.5 Å². The number of rotatable bonds is 4. The van der Waals surface area contributed by atoms with Crippen LogP contribution in [-0.4, -0.2) is 48.2 Å². The van der Waals surface area contributed by atoms with Crippen LogP contribution in [0.3, 0.4) is 0 Å². The van der Waals surface area contributed by atoms with Crippen molar-refractivity contribution >= 4 is 16.9 Å². The first-order chi connectivity index (χ1) is 20.5.